The molecule has 0 bridgehead atoms. The first kappa shape index (κ1) is 27.3. The summed E-state index contributed by atoms with van der Waals surface area (Å²) in [6.07, 6.45) is 5.45. The Kier molecular flexibility index (Phi) is 13.4. The Balaban J connectivity index is 0.00000480. The van der Waals surface area contributed by atoms with Crippen LogP contribution in [0.2, 0.25) is 0 Å². The molecule has 0 aromatic heterocycles. The van der Waals surface area contributed by atoms with Crippen LogP contribution in [0.25, 0.3) is 0 Å². The Bertz CT molecular complexity index is 689. The molecule has 2 rings (SSSR count). The van der Waals surface area contributed by atoms with Gasteiger partial charge in [-0.25, -0.2) is 4.99 Å². The first-order valence-corrected chi connectivity index (χ1v) is 11.2. The predicted molar refractivity (Wildman–Crippen MR) is 137 cm³/mol. The second-order valence-corrected chi connectivity index (χ2v) is 7.45. The average Bonchev–Trinajstić information content (AvgIpc) is 3.26. The van der Waals surface area contributed by atoms with Gasteiger partial charge in [-0.05, 0) is 64.2 Å². The van der Waals surface area contributed by atoms with Gasteiger partial charge in [-0.3, -0.25) is 4.79 Å². The number of aliphatic imine (C=N–C) groups is 1. The molecule has 0 aliphatic heterocycles. The fourth-order valence-corrected chi connectivity index (χ4v) is 3.63. The van der Waals surface area contributed by atoms with Gasteiger partial charge in [-0.15, -0.1) is 24.0 Å². The molecule has 0 atom stereocenters. The van der Waals surface area contributed by atoms with E-state index in [1.165, 1.54) is 12.8 Å². The van der Waals surface area contributed by atoms with Gasteiger partial charge in [-0.1, -0.05) is 6.07 Å². The van der Waals surface area contributed by atoms with Crippen LogP contribution >= 0.6 is 24.0 Å². The summed E-state index contributed by atoms with van der Waals surface area (Å²) in [6.45, 7) is 9.33. The maximum atomic E-state index is 12.2. The standard InChI is InChI=1S/C23H38N4O3.HI/c1-5-24-23(25-15-14-22(28)27(6-2)7-3)26-17-18-12-13-20(21(16-18)29-4)30-19-10-8-9-11-19;/h12-13,16,19H,5-11,14-15,17H2,1-4H3,(H2,24,25,26);1H. The van der Waals surface area contributed by atoms with Gasteiger partial charge in [0.25, 0.3) is 0 Å². The molecular formula is C23H39IN4O3. The Morgan fingerprint density at radius 3 is 2.45 bits per heavy atom. The maximum absolute atomic E-state index is 12.2. The van der Waals surface area contributed by atoms with E-state index in [9.17, 15) is 4.79 Å². The SMILES string of the molecule is CCNC(=NCc1ccc(OC2CCCC2)c(OC)c1)NCCC(=O)N(CC)CC.I. The molecule has 0 spiro atoms. The number of carbonyl (C=O) groups is 1. The van der Waals surface area contributed by atoms with Gasteiger partial charge in [0.1, 0.15) is 0 Å². The number of hydrogen-bond acceptors (Lipinski definition) is 4. The number of rotatable bonds is 11. The molecule has 31 heavy (non-hydrogen) atoms. The van der Waals surface area contributed by atoms with Crippen molar-refractivity contribution < 1.29 is 14.3 Å². The van der Waals surface area contributed by atoms with Gasteiger partial charge >= 0.3 is 0 Å². The van der Waals surface area contributed by atoms with Crippen LogP contribution < -0.4 is 20.1 Å². The number of methoxy groups -OCH3 is 1. The molecule has 1 amide bonds. The van der Waals surface area contributed by atoms with Crippen molar-refractivity contribution >= 4 is 35.8 Å². The van der Waals surface area contributed by atoms with Crippen LogP contribution in [0.15, 0.2) is 23.2 Å². The third kappa shape index (κ3) is 9.13. The fraction of sp³-hybridized carbons (Fsp3) is 0.652. The first-order chi connectivity index (χ1) is 14.6. The topological polar surface area (TPSA) is 75.2 Å². The van der Waals surface area contributed by atoms with Gasteiger partial charge in [0.2, 0.25) is 5.91 Å². The largest absolute Gasteiger partial charge is 0.493 e. The fourth-order valence-electron chi connectivity index (χ4n) is 3.63. The lowest BCUT2D eigenvalue weighted by Crippen LogP contribution is -2.40. The molecule has 1 saturated carbocycles. The minimum absolute atomic E-state index is 0. The molecule has 0 unspecified atom stereocenters. The Labute approximate surface area is 204 Å². The van der Waals surface area contributed by atoms with E-state index >= 15 is 0 Å². The molecule has 1 aromatic carbocycles. The molecule has 2 N–H and O–H groups in total. The van der Waals surface area contributed by atoms with Crippen molar-refractivity contribution in [3.05, 3.63) is 23.8 Å². The molecule has 1 aromatic rings. The second kappa shape index (κ2) is 15.2. The molecule has 1 aliphatic rings. The van der Waals surface area contributed by atoms with E-state index in [0.717, 1.165) is 49.5 Å². The Morgan fingerprint density at radius 2 is 1.84 bits per heavy atom. The van der Waals surface area contributed by atoms with Gasteiger partial charge < -0.3 is 25.0 Å². The third-order valence-corrected chi connectivity index (χ3v) is 5.34. The van der Waals surface area contributed by atoms with Gasteiger partial charge in [0.05, 0.1) is 19.8 Å². The molecular weight excluding hydrogens is 507 g/mol. The summed E-state index contributed by atoms with van der Waals surface area (Å²) in [6, 6.07) is 6.00. The van der Waals surface area contributed by atoms with Gasteiger partial charge in [0.15, 0.2) is 17.5 Å². The van der Waals surface area contributed by atoms with Crippen molar-refractivity contribution in [2.24, 2.45) is 4.99 Å². The van der Waals surface area contributed by atoms with Crippen LogP contribution in [-0.4, -0.2) is 56.2 Å². The van der Waals surface area contributed by atoms with Crippen molar-refractivity contribution in [2.45, 2.75) is 65.5 Å². The number of guanidine groups is 1. The number of amides is 1. The number of nitrogens with zero attached hydrogens (tertiary/aromatic N) is 2. The summed E-state index contributed by atoms with van der Waals surface area (Å²) in [7, 11) is 1.67. The van der Waals surface area contributed by atoms with Gasteiger partial charge in [-0.2, -0.15) is 0 Å². The van der Waals surface area contributed by atoms with Crippen LogP contribution in [0.4, 0.5) is 0 Å². The van der Waals surface area contributed by atoms with Gasteiger partial charge in [0, 0.05) is 32.6 Å². The summed E-state index contributed by atoms with van der Waals surface area (Å²) < 4.78 is 11.6. The highest BCUT2D eigenvalue weighted by Gasteiger charge is 2.18. The van der Waals surface area contributed by atoms with E-state index in [0.29, 0.717) is 31.6 Å². The quantitative estimate of drug-likeness (QED) is 0.250. The van der Waals surface area contributed by atoms with Crippen molar-refractivity contribution in [1.29, 1.82) is 0 Å². The lowest BCUT2D eigenvalue weighted by atomic mass is 10.2. The summed E-state index contributed by atoms with van der Waals surface area (Å²) in [5.74, 6) is 2.41. The highest BCUT2D eigenvalue weighted by molar-refractivity contribution is 14.0. The van der Waals surface area contributed by atoms with Crippen molar-refractivity contribution in [1.82, 2.24) is 15.5 Å². The molecule has 0 saturated heterocycles. The molecule has 1 fully saturated rings. The zero-order chi connectivity index (χ0) is 21.8. The number of hydrogen-bond donors (Lipinski definition) is 2. The highest BCUT2D eigenvalue weighted by atomic mass is 127. The summed E-state index contributed by atoms with van der Waals surface area (Å²) in [5, 5.41) is 6.48. The predicted octanol–water partition coefficient (Wildman–Crippen LogP) is 3.95. The average molecular weight is 546 g/mol. The lowest BCUT2D eigenvalue weighted by Gasteiger charge is -2.19. The van der Waals surface area contributed by atoms with Crippen LogP contribution in [0, 0.1) is 0 Å². The monoisotopic (exact) mass is 546 g/mol. The molecule has 7 nitrogen and oxygen atoms in total. The second-order valence-electron chi connectivity index (χ2n) is 7.45. The minimum atomic E-state index is 0. The van der Waals surface area contributed by atoms with Crippen molar-refractivity contribution in [3.63, 3.8) is 0 Å². The highest BCUT2D eigenvalue weighted by Crippen LogP contribution is 2.32. The number of nitrogens with one attached hydrogen (secondary N) is 2. The molecule has 1 aliphatic carbocycles. The van der Waals surface area contributed by atoms with E-state index < -0.39 is 0 Å². The van der Waals surface area contributed by atoms with E-state index in [4.69, 9.17) is 9.47 Å². The minimum Gasteiger partial charge on any atom is -0.493 e. The van der Waals surface area contributed by atoms with Crippen LogP contribution in [0.3, 0.4) is 0 Å². The zero-order valence-corrected chi connectivity index (χ0v) is 21.7. The Hall–Kier alpha value is -1.71. The van der Waals surface area contributed by atoms with Crippen LogP contribution in [0.5, 0.6) is 11.5 Å². The number of ether oxygens (including phenoxy) is 2. The van der Waals surface area contributed by atoms with E-state index in [1.54, 1.807) is 7.11 Å². The number of benzene rings is 1. The normalized spacial score (nSPS) is 14.0. The summed E-state index contributed by atoms with van der Waals surface area (Å²) in [4.78, 5) is 18.6. The van der Waals surface area contributed by atoms with E-state index in [1.807, 2.05) is 43.9 Å². The molecule has 0 radical (unpaired) electrons. The lowest BCUT2D eigenvalue weighted by molar-refractivity contribution is -0.130. The van der Waals surface area contributed by atoms with E-state index in [-0.39, 0.29) is 29.9 Å². The molecule has 8 heteroatoms. The zero-order valence-electron chi connectivity index (χ0n) is 19.4. The third-order valence-electron chi connectivity index (χ3n) is 5.34. The summed E-state index contributed by atoms with van der Waals surface area (Å²) in [5.41, 5.74) is 1.04. The van der Waals surface area contributed by atoms with Crippen LogP contribution in [-0.2, 0) is 11.3 Å². The van der Waals surface area contributed by atoms with Crippen LogP contribution in [0.1, 0.15) is 58.4 Å². The molecule has 176 valence electrons. The van der Waals surface area contributed by atoms with Crippen molar-refractivity contribution in [2.75, 3.05) is 33.3 Å². The van der Waals surface area contributed by atoms with Crippen molar-refractivity contribution in [3.8, 4) is 11.5 Å². The Morgan fingerprint density at radius 1 is 1.13 bits per heavy atom. The number of halogens is 1. The number of carbonyl (C=O) groups excluding carboxylic acids is 1. The first-order valence-electron chi connectivity index (χ1n) is 11.2. The summed E-state index contributed by atoms with van der Waals surface area (Å²) >= 11 is 0. The van der Waals surface area contributed by atoms with E-state index in [2.05, 4.69) is 15.6 Å². The molecule has 0 heterocycles. The smallest absolute Gasteiger partial charge is 0.224 e. The maximum Gasteiger partial charge on any atom is 0.224 e.